The van der Waals surface area contributed by atoms with Crippen LogP contribution in [-0.4, -0.2) is 47.3 Å². The first-order valence-electron chi connectivity index (χ1n) is 11.6. The van der Waals surface area contributed by atoms with Gasteiger partial charge in [0.15, 0.2) is 5.78 Å². The second-order valence-electron chi connectivity index (χ2n) is 8.95. The molecule has 0 saturated carbocycles. The van der Waals surface area contributed by atoms with Gasteiger partial charge in [-0.15, -0.1) is 0 Å². The number of anilines is 2. The van der Waals surface area contributed by atoms with Crippen molar-refractivity contribution in [2.75, 3.05) is 16.8 Å². The number of hydrogen-bond acceptors (Lipinski definition) is 6. The van der Waals surface area contributed by atoms with E-state index in [1.54, 1.807) is 31.3 Å². The molecule has 2 aliphatic rings. The van der Waals surface area contributed by atoms with Crippen LogP contribution in [0.3, 0.4) is 0 Å². The molecule has 0 unspecified atom stereocenters. The highest BCUT2D eigenvalue weighted by molar-refractivity contribution is 6.02. The molecule has 2 aliphatic heterocycles. The van der Waals surface area contributed by atoms with Gasteiger partial charge in [0, 0.05) is 47.7 Å². The Morgan fingerprint density at radius 3 is 2.36 bits per heavy atom. The van der Waals surface area contributed by atoms with Gasteiger partial charge in [-0.25, -0.2) is 4.98 Å². The number of carbonyl (C=O) groups excluding carboxylic acids is 3. The second kappa shape index (κ2) is 9.60. The van der Waals surface area contributed by atoms with Crippen LogP contribution in [0.1, 0.15) is 77.0 Å². The number of amides is 2. The average Bonchev–Trinajstić information content (AvgIpc) is 3.07. The molecule has 4 rings (SSSR count). The summed E-state index contributed by atoms with van der Waals surface area (Å²) in [6.45, 7) is 4.26. The molecule has 33 heavy (non-hydrogen) atoms. The number of aromatic nitrogens is 1. The number of pyridine rings is 1. The largest absolute Gasteiger partial charge is 0.384 e. The quantitative estimate of drug-likeness (QED) is 0.533. The fourth-order valence-electron chi connectivity index (χ4n) is 4.99. The number of fused-ring (bicyclic) bond motifs is 2. The van der Waals surface area contributed by atoms with Gasteiger partial charge < -0.3 is 21.3 Å². The number of rotatable bonds is 8. The molecule has 0 spiro atoms. The van der Waals surface area contributed by atoms with E-state index in [-0.39, 0.29) is 17.7 Å². The van der Waals surface area contributed by atoms with E-state index < -0.39 is 5.91 Å². The van der Waals surface area contributed by atoms with Crippen molar-refractivity contribution in [1.29, 1.82) is 0 Å². The molecule has 3 atom stereocenters. The summed E-state index contributed by atoms with van der Waals surface area (Å²) in [6.07, 6.45) is 6.35. The number of ketones is 1. The van der Waals surface area contributed by atoms with Gasteiger partial charge >= 0.3 is 0 Å². The van der Waals surface area contributed by atoms with E-state index in [2.05, 4.69) is 20.5 Å². The summed E-state index contributed by atoms with van der Waals surface area (Å²) in [6, 6.07) is 9.41. The summed E-state index contributed by atoms with van der Waals surface area (Å²) in [4.78, 5) is 43.1. The Hall–Kier alpha value is -3.42. The van der Waals surface area contributed by atoms with Crippen LogP contribution < -0.4 is 21.3 Å². The Morgan fingerprint density at radius 2 is 1.79 bits per heavy atom. The summed E-state index contributed by atoms with van der Waals surface area (Å²) in [5, 5.41) is 6.38. The second-order valence-corrected chi connectivity index (χ2v) is 8.95. The van der Waals surface area contributed by atoms with E-state index in [0.717, 1.165) is 37.9 Å². The molecule has 2 aromatic rings. The van der Waals surface area contributed by atoms with E-state index in [4.69, 9.17) is 5.73 Å². The summed E-state index contributed by atoms with van der Waals surface area (Å²) in [5.41, 5.74) is 7.57. The lowest BCUT2D eigenvalue weighted by Gasteiger charge is -2.40. The normalized spacial score (nSPS) is 21.5. The molecule has 0 radical (unpaired) electrons. The van der Waals surface area contributed by atoms with Crippen molar-refractivity contribution in [3.05, 3.63) is 53.2 Å². The van der Waals surface area contributed by atoms with Gasteiger partial charge in [0.25, 0.3) is 11.8 Å². The Kier molecular flexibility index (Phi) is 6.62. The lowest BCUT2D eigenvalue weighted by atomic mass is 9.96. The minimum Gasteiger partial charge on any atom is -0.384 e. The topological polar surface area (TPSA) is 117 Å². The van der Waals surface area contributed by atoms with E-state index in [1.165, 1.54) is 0 Å². The lowest BCUT2D eigenvalue weighted by molar-refractivity contribution is 0.0924. The van der Waals surface area contributed by atoms with Crippen molar-refractivity contribution in [2.45, 2.75) is 64.1 Å². The third kappa shape index (κ3) is 4.84. The third-order valence-electron chi connectivity index (χ3n) is 6.60. The van der Waals surface area contributed by atoms with Crippen molar-refractivity contribution in [3.63, 3.8) is 0 Å². The Bertz CT molecular complexity index is 1040. The first kappa shape index (κ1) is 22.8. The summed E-state index contributed by atoms with van der Waals surface area (Å²) in [7, 11) is 0. The number of piperidine rings is 1. The highest BCUT2D eigenvalue weighted by Gasteiger charge is 2.41. The van der Waals surface area contributed by atoms with Gasteiger partial charge in [0.1, 0.15) is 5.82 Å². The van der Waals surface area contributed by atoms with Gasteiger partial charge in [-0.3, -0.25) is 14.4 Å². The number of hydrogen-bond donors (Lipinski definition) is 3. The molecule has 174 valence electrons. The van der Waals surface area contributed by atoms with Crippen molar-refractivity contribution < 1.29 is 14.4 Å². The van der Waals surface area contributed by atoms with Gasteiger partial charge in [-0.2, -0.15) is 0 Å². The number of nitrogens with two attached hydrogens (primary N) is 1. The molecule has 2 fully saturated rings. The van der Waals surface area contributed by atoms with Crippen LogP contribution in [0, 0.1) is 0 Å². The molecule has 2 bridgehead atoms. The molecule has 2 amide bonds. The van der Waals surface area contributed by atoms with E-state index in [1.807, 2.05) is 19.1 Å². The number of nitrogens with one attached hydrogen (secondary N) is 2. The van der Waals surface area contributed by atoms with Crippen molar-refractivity contribution in [1.82, 2.24) is 10.3 Å². The molecule has 1 aromatic carbocycles. The van der Waals surface area contributed by atoms with Crippen molar-refractivity contribution >= 4 is 29.1 Å². The molecular weight excluding hydrogens is 418 g/mol. The fourth-order valence-corrected chi connectivity index (χ4v) is 4.99. The van der Waals surface area contributed by atoms with Gasteiger partial charge in [-0.1, -0.05) is 6.92 Å². The van der Waals surface area contributed by atoms with Gasteiger partial charge in [0.05, 0.1) is 5.56 Å². The molecular formula is C25H31N5O3. The van der Waals surface area contributed by atoms with Crippen LogP contribution in [0.2, 0.25) is 0 Å². The maximum Gasteiger partial charge on any atom is 0.251 e. The zero-order valence-electron chi connectivity index (χ0n) is 19.1. The Balaban J connectivity index is 1.43. The SMILES string of the molecule is CCCNc1cc(C(=O)N[C@H]2C[C@H]3CC[C@@H](C2)N3c2ccc(C(C)=O)cn2)ccc1C(N)=O. The molecule has 1 aromatic heterocycles. The maximum atomic E-state index is 13.0. The Morgan fingerprint density at radius 1 is 1.09 bits per heavy atom. The molecule has 3 heterocycles. The zero-order valence-corrected chi connectivity index (χ0v) is 19.1. The van der Waals surface area contributed by atoms with Crippen molar-refractivity contribution in [3.8, 4) is 0 Å². The van der Waals surface area contributed by atoms with Crippen LogP contribution in [0.4, 0.5) is 11.5 Å². The highest BCUT2D eigenvalue weighted by Crippen LogP contribution is 2.38. The monoisotopic (exact) mass is 449 g/mol. The Labute approximate surface area is 193 Å². The molecule has 0 aliphatic carbocycles. The summed E-state index contributed by atoms with van der Waals surface area (Å²) < 4.78 is 0. The third-order valence-corrected chi connectivity index (χ3v) is 6.60. The standard InChI is InChI=1S/C25H31N5O3/c1-3-10-27-22-11-16(4-8-21(22)24(26)32)25(33)29-18-12-19-6-7-20(13-18)30(19)23-9-5-17(14-28-23)15(2)31/h4-5,8-9,11,14,18-20,27H,3,6-7,10,12-13H2,1-2H3,(H2,26,32)(H,29,33)/t18-,19+,20-. The average molecular weight is 450 g/mol. The molecule has 8 heteroatoms. The number of nitrogens with zero attached hydrogens (tertiary/aromatic N) is 2. The van der Waals surface area contributed by atoms with Crippen LogP contribution >= 0.6 is 0 Å². The maximum absolute atomic E-state index is 13.0. The first-order chi connectivity index (χ1) is 15.9. The predicted octanol–water partition coefficient (Wildman–Crippen LogP) is 3.13. The van der Waals surface area contributed by atoms with Gasteiger partial charge in [-0.05, 0) is 69.4 Å². The zero-order chi connectivity index (χ0) is 23.5. The van der Waals surface area contributed by atoms with Crippen LogP contribution in [0.25, 0.3) is 0 Å². The number of carbonyl (C=O) groups is 3. The molecule has 8 nitrogen and oxygen atoms in total. The number of Topliss-reactive ketones (excluding diaryl/α,β-unsaturated/α-hetero) is 1. The molecule has 4 N–H and O–H groups in total. The summed E-state index contributed by atoms with van der Waals surface area (Å²) in [5.74, 6) is 0.239. The van der Waals surface area contributed by atoms with Crippen LogP contribution in [-0.2, 0) is 0 Å². The number of primary amides is 1. The summed E-state index contributed by atoms with van der Waals surface area (Å²) >= 11 is 0. The minimum atomic E-state index is -0.519. The van der Waals surface area contributed by atoms with Gasteiger partial charge in [0.2, 0.25) is 0 Å². The lowest BCUT2D eigenvalue weighted by Crippen LogP contribution is -2.50. The van der Waals surface area contributed by atoms with Crippen LogP contribution in [0.15, 0.2) is 36.5 Å². The minimum absolute atomic E-state index is 0.00959. The first-order valence-corrected chi connectivity index (χ1v) is 11.6. The van der Waals surface area contributed by atoms with E-state index in [9.17, 15) is 14.4 Å². The van der Waals surface area contributed by atoms with E-state index in [0.29, 0.717) is 41.0 Å². The highest BCUT2D eigenvalue weighted by atomic mass is 16.2. The fraction of sp³-hybridized carbons (Fsp3) is 0.440. The van der Waals surface area contributed by atoms with E-state index >= 15 is 0 Å². The smallest absolute Gasteiger partial charge is 0.251 e. The van der Waals surface area contributed by atoms with Crippen molar-refractivity contribution in [2.24, 2.45) is 5.73 Å². The predicted molar refractivity (Wildman–Crippen MR) is 128 cm³/mol. The molecule has 2 saturated heterocycles. The van der Waals surface area contributed by atoms with Crippen LogP contribution in [0.5, 0.6) is 0 Å². The number of benzene rings is 1.